The quantitative estimate of drug-likeness (QED) is 0.848. The van der Waals surface area contributed by atoms with E-state index in [2.05, 4.69) is 21.2 Å². The Kier molecular flexibility index (Phi) is 3.83. The lowest BCUT2D eigenvalue weighted by atomic mass is 10.2. The standard InChI is InChI=1S/C13H12BrNO/c14-10-16-13-8-6-12(7-9-13)15-11-4-2-1-3-5-11/h1-9,15H,10H2. The van der Waals surface area contributed by atoms with Gasteiger partial charge in [-0.15, -0.1) is 0 Å². The minimum atomic E-state index is 0.512. The third kappa shape index (κ3) is 3.00. The average Bonchev–Trinajstić information content (AvgIpc) is 2.33. The van der Waals surface area contributed by atoms with Crippen LogP contribution < -0.4 is 10.1 Å². The molecule has 2 nitrogen and oxygen atoms in total. The number of hydrogen-bond acceptors (Lipinski definition) is 2. The van der Waals surface area contributed by atoms with E-state index in [9.17, 15) is 0 Å². The highest BCUT2D eigenvalue weighted by atomic mass is 79.9. The van der Waals surface area contributed by atoms with Gasteiger partial charge in [0.15, 0.2) is 0 Å². The van der Waals surface area contributed by atoms with Gasteiger partial charge in [0.1, 0.15) is 11.3 Å². The van der Waals surface area contributed by atoms with Crippen LogP contribution in [0.3, 0.4) is 0 Å². The third-order valence-electron chi connectivity index (χ3n) is 2.14. The van der Waals surface area contributed by atoms with E-state index in [0.717, 1.165) is 17.1 Å². The number of benzene rings is 2. The van der Waals surface area contributed by atoms with Crippen LogP contribution in [0.4, 0.5) is 11.4 Å². The van der Waals surface area contributed by atoms with E-state index in [4.69, 9.17) is 4.74 Å². The molecule has 0 atom stereocenters. The highest BCUT2D eigenvalue weighted by Gasteiger charge is 1.95. The van der Waals surface area contributed by atoms with Gasteiger partial charge in [0, 0.05) is 11.4 Å². The smallest absolute Gasteiger partial charge is 0.143 e. The van der Waals surface area contributed by atoms with Crippen molar-refractivity contribution in [3.8, 4) is 5.75 Å². The summed E-state index contributed by atoms with van der Waals surface area (Å²) >= 11 is 3.22. The van der Waals surface area contributed by atoms with Gasteiger partial charge < -0.3 is 10.1 Å². The number of rotatable bonds is 4. The lowest BCUT2D eigenvalue weighted by molar-refractivity contribution is 0.398. The van der Waals surface area contributed by atoms with Crippen molar-refractivity contribution in [3.05, 3.63) is 54.6 Å². The molecule has 16 heavy (non-hydrogen) atoms. The molecule has 0 heterocycles. The molecular weight excluding hydrogens is 266 g/mol. The number of nitrogens with one attached hydrogen (secondary N) is 1. The molecule has 3 heteroatoms. The van der Waals surface area contributed by atoms with Crippen molar-refractivity contribution in [2.45, 2.75) is 0 Å². The molecule has 0 saturated heterocycles. The summed E-state index contributed by atoms with van der Waals surface area (Å²) in [7, 11) is 0. The predicted molar refractivity (Wildman–Crippen MR) is 70.6 cm³/mol. The van der Waals surface area contributed by atoms with Crippen LogP contribution in [-0.2, 0) is 0 Å². The molecule has 1 N–H and O–H groups in total. The first kappa shape index (κ1) is 11.0. The average molecular weight is 278 g/mol. The van der Waals surface area contributed by atoms with Crippen molar-refractivity contribution in [3.63, 3.8) is 0 Å². The zero-order valence-electron chi connectivity index (χ0n) is 8.69. The maximum atomic E-state index is 5.30. The summed E-state index contributed by atoms with van der Waals surface area (Å²) in [5.41, 5.74) is 2.64. The van der Waals surface area contributed by atoms with Crippen molar-refractivity contribution in [1.82, 2.24) is 0 Å². The van der Waals surface area contributed by atoms with Gasteiger partial charge in [0.2, 0.25) is 0 Å². The van der Waals surface area contributed by atoms with E-state index in [1.165, 1.54) is 0 Å². The summed E-state index contributed by atoms with van der Waals surface area (Å²) in [6, 6.07) is 17.9. The van der Waals surface area contributed by atoms with E-state index in [1.807, 2.05) is 54.6 Å². The minimum Gasteiger partial charge on any atom is -0.482 e. The molecule has 0 spiro atoms. The Balaban J connectivity index is 2.05. The number of para-hydroxylation sites is 1. The van der Waals surface area contributed by atoms with E-state index in [1.54, 1.807) is 0 Å². The van der Waals surface area contributed by atoms with Crippen LogP contribution in [0.2, 0.25) is 0 Å². The molecule has 0 saturated carbocycles. The van der Waals surface area contributed by atoms with Crippen LogP contribution in [0.5, 0.6) is 5.75 Å². The first-order chi connectivity index (χ1) is 7.88. The van der Waals surface area contributed by atoms with E-state index < -0.39 is 0 Å². The molecule has 0 aliphatic carbocycles. The van der Waals surface area contributed by atoms with Crippen molar-refractivity contribution in [1.29, 1.82) is 0 Å². The van der Waals surface area contributed by atoms with E-state index in [0.29, 0.717) is 5.52 Å². The number of ether oxygens (including phenoxy) is 1. The van der Waals surface area contributed by atoms with Gasteiger partial charge in [-0.05, 0) is 52.3 Å². The molecule has 2 rings (SSSR count). The molecule has 0 unspecified atom stereocenters. The molecule has 0 amide bonds. The van der Waals surface area contributed by atoms with Crippen molar-refractivity contribution >= 4 is 27.3 Å². The number of hydrogen-bond donors (Lipinski definition) is 1. The van der Waals surface area contributed by atoms with Crippen LogP contribution in [0, 0.1) is 0 Å². The fourth-order valence-corrected chi connectivity index (χ4v) is 1.65. The van der Waals surface area contributed by atoms with Crippen LogP contribution in [-0.4, -0.2) is 5.52 Å². The molecule has 0 fully saturated rings. The Hall–Kier alpha value is -1.48. The fourth-order valence-electron chi connectivity index (χ4n) is 1.39. The number of halogens is 1. The molecule has 0 aliphatic rings. The molecular formula is C13H12BrNO. The molecule has 0 bridgehead atoms. The minimum absolute atomic E-state index is 0.512. The summed E-state index contributed by atoms with van der Waals surface area (Å²) in [5.74, 6) is 0.857. The Bertz CT molecular complexity index is 427. The fraction of sp³-hybridized carbons (Fsp3) is 0.0769. The maximum absolute atomic E-state index is 5.30. The lowest BCUT2D eigenvalue weighted by Crippen LogP contribution is -1.91. The second-order valence-electron chi connectivity index (χ2n) is 3.27. The molecule has 0 aliphatic heterocycles. The highest BCUT2D eigenvalue weighted by Crippen LogP contribution is 2.19. The normalized spacial score (nSPS) is 9.81. The van der Waals surface area contributed by atoms with Crippen LogP contribution >= 0.6 is 15.9 Å². The van der Waals surface area contributed by atoms with Crippen LogP contribution in [0.25, 0.3) is 0 Å². The zero-order chi connectivity index (χ0) is 11.2. The lowest BCUT2D eigenvalue weighted by Gasteiger charge is -2.07. The largest absolute Gasteiger partial charge is 0.482 e. The van der Waals surface area contributed by atoms with Crippen LogP contribution in [0.1, 0.15) is 0 Å². The summed E-state index contributed by atoms with van der Waals surface area (Å²) in [6.45, 7) is 0. The van der Waals surface area contributed by atoms with Gasteiger partial charge >= 0.3 is 0 Å². The van der Waals surface area contributed by atoms with E-state index in [-0.39, 0.29) is 0 Å². The topological polar surface area (TPSA) is 21.3 Å². The zero-order valence-corrected chi connectivity index (χ0v) is 10.3. The Morgan fingerprint density at radius 1 is 0.875 bits per heavy atom. The third-order valence-corrected chi connectivity index (χ3v) is 2.37. The molecule has 0 aromatic heterocycles. The van der Waals surface area contributed by atoms with Gasteiger partial charge in [-0.2, -0.15) is 0 Å². The monoisotopic (exact) mass is 277 g/mol. The Morgan fingerprint density at radius 3 is 2.12 bits per heavy atom. The summed E-state index contributed by atoms with van der Waals surface area (Å²) in [5, 5.41) is 3.31. The first-order valence-corrected chi connectivity index (χ1v) is 6.11. The highest BCUT2D eigenvalue weighted by molar-refractivity contribution is 9.09. The van der Waals surface area contributed by atoms with Crippen molar-refractivity contribution in [2.24, 2.45) is 0 Å². The van der Waals surface area contributed by atoms with Gasteiger partial charge in [0.25, 0.3) is 0 Å². The van der Waals surface area contributed by atoms with E-state index >= 15 is 0 Å². The second kappa shape index (κ2) is 5.56. The first-order valence-electron chi connectivity index (χ1n) is 4.99. The van der Waals surface area contributed by atoms with Gasteiger partial charge in [-0.3, -0.25) is 0 Å². The number of alkyl halides is 1. The maximum Gasteiger partial charge on any atom is 0.143 e. The summed E-state index contributed by atoms with van der Waals surface area (Å²) < 4.78 is 5.30. The Labute approximate surface area is 103 Å². The summed E-state index contributed by atoms with van der Waals surface area (Å²) in [4.78, 5) is 0. The molecule has 2 aromatic rings. The second-order valence-corrected chi connectivity index (χ2v) is 3.73. The molecule has 2 aromatic carbocycles. The summed E-state index contributed by atoms with van der Waals surface area (Å²) in [6.07, 6.45) is 0. The van der Waals surface area contributed by atoms with Crippen molar-refractivity contribution in [2.75, 3.05) is 10.8 Å². The molecule has 0 radical (unpaired) electrons. The van der Waals surface area contributed by atoms with Gasteiger partial charge in [-0.25, -0.2) is 0 Å². The van der Waals surface area contributed by atoms with Crippen LogP contribution in [0.15, 0.2) is 54.6 Å². The van der Waals surface area contributed by atoms with Gasteiger partial charge in [-0.1, -0.05) is 18.2 Å². The van der Waals surface area contributed by atoms with Gasteiger partial charge in [0.05, 0.1) is 0 Å². The molecule has 82 valence electrons. The SMILES string of the molecule is BrCOc1ccc(Nc2ccccc2)cc1. The Morgan fingerprint density at radius 2 is 1.50 bits per heavy atom. The predicted octanol–water partition coefficient (Wildman–Crippen LogP) is 4.16. The van der Waals surface area contributed by atoms with Crippen molar-refractivity contribution < 1.29 is 4.74 Å². The number of anilines is 2.